The number of nitrogens with zero attached hydrogens (tertiary/aromatic N) is 3. The van der Waals surface area contributed by atoms with E-state index in [1.807, 2.05) is 0 Å². The maximum absolute atomic E-state index is 3.23. The van der Waals surface area contributed by atoms with Crippen molar-refractivity contribution in [3.05, 3.63) is 166 Å². The van der Waals surface area contributed by atoms with E-state index in [1.165, 1.54) is 165 Å². The largest absolute Gasteiger partial charge is 0.310 e. The van der Waals surface area contributed by atoms with Crippen LogP contribution in [0.3, 0.4) is 0 Å². The number of rotatable bonds is 0. The fourth-order valence-electron chi connectivity index (χ4n) is 17.1. The van der Waals surface area contributed by atoms with Gasteiger partial charge in [-0.05, 0) is 186 Å². The summed E-state index contributed by atoms with van der Waals surface area (Å²) in [7, 11) is -3.23. The van der Waals surface area contributed by atoms with Crippen LogP contribution in [0.4, 0.5) is 0 Å². The van der Waals surface area contributed by atoms with Gasteiger partial charge in [-0.15, -0.1) is 0 Å². The Morgan fingerprint density at radius 1 is 0.299 bits per heavy atom. The topological polar surface area (TPSA) is 14.3 Å². The lowest BCUT2D eigenvalue weighted by atomic mass is 9.34. The van der Waals surface area contributed by atoms with E-state index in [9.17, 15) is 0 Å². The predicted molar refractivity (Wildman–Crippen MR) is 382 cm³/mol. The van der Waals surface area contributed by atoms with E-state index < -0.39 is 8.07 Å². The number of fused-ring (bicyclic) bond motifs is 21. The molecule has 0 radical (unpaired) electrons. The zero-order valence-corrected chi connectivity index (χ0v) is 56.5. The highest BCUT2D eigenvalue weighted by molar-refractivity contribution is 7.24. The molecule has 4 aliphatic rings. The molecule has 1 spiro atoms. The van der Waals surface area contributed by atoms with E-state index in [1.54, 1.807) is 15.6 Å². The molecule has 87 heavy (non-hydrogen) atoms. The Morgan fingerprint density at radius 3 is 1.30 bits per heavy atom. The molecule has 4 aliphatic heterocycles. The average Bonchev–Trinajstić information content (AvgIpc) is 1.53. The molecule has 5 heteroatoms. The van der Waals surface area contributed by atoms with Gasteiger partial charge in [0, 0.05) is 60.0 Å². The molecule has 434 valence electrons. The Bertz CT molecular complexity index is 5300. The fourth-order valence-corrected chi connectivity index (χ4v) is 22.7. The van der Waals surface area contributed by atoms with E-state index in [-0.39, 0.29) is 44.6 Å². The average molecular weight is 1150 g/mol. The van der Waals surface area contributed by atoms with Gasteiger partial charge in [0.2, 0.25) is 0 Å². The lowest BCUT2D eigenvalue weighted by molar-refractivity contribution is 0.590. The summed E-state index contributed by atoms with van der Waals surface area (Å²) in [4.78, 5) is 0. The van der Waals surface area contributed by atoms with Crippen LogP contribution in [0, 0.1) is 0 Å². The van der Waals surface area contributed by atoms with E-state index in [2.05, 4.69) is 286 Å². The van der Waals surface area contributed by atoms with Crippen LogP contribution in [0.2, 0.25) is 0 Å². The van der Waals surface area contributed by atoms with Gasteiger partial charge in [-0.25, -0.2) is 0 Å². The Labute approximate surface area is 516 Å². The molecule has 0 aliphatic carbocycles. The molecular weight excluding hydrogens is 1070 g/mol. The second-order valence-electron chi connectivity index (χ2n) is 34.7. The number of hydrogen-bond donors (Lipinski definition) is 0. The van der Waals surface area contributed by atoms with Gasteiger partial charge in [-0.2, -0.15) is 0 Å². The minimum Gasteiger partial charge on any atom is -0.310 e. The summed E-state index contributed by atoms with van der Waals surface area (Å²) in [6, 6.07) is 54.3. The zero-order chi connectivity index (χ0) is 61.2. The summed E-state index contributed by atoms with van der Waals surface area (Å²) in [6.07, 6.45) is 0. The van der Waals surface area contributed by atoms with Crippen molar-refractivity contribution in [3.63, 3.8) is 0 Å². The van der Waals surface area contributed by atoms with Crippen molar-refractivity contribution >= 4 is 134 Å². The van der Waals surface area contributed by atoms with Gasteiger partial charge in [0.15, 0.2) is 8.07 Å². The molecule has 8 heterocycles. The Balaban J connectivity index is 1.14. The van der Waals surface area contributed by atoms with E-state index in [0.717, 1.165) is 0 Å². The maximum atomic E-state index is 2.87. The number of aromatic nitrogens is 3. The molecule has 0 saturated heterocycles. The van der Waals surface area contributed by atoms with Crippen molar-refractivity contribution in [2.75, 3.05) is 0 Å². The standard InChI is InChI=1S/C82H84BN3Si/c1-76(2,3)43-24-28-60-52(32-43)53-34-47(80(13,14)15)37-57-68-63(85(60)71(53)57)42-59-74-69(68)56-33-44(77(4,5)6)25-29-61(56)84(74)62-30-31-64-75-70(62)83(59)58-38-48(81(16,17)18)35-54-55-36-49(82(19,20)21)41-67(73(55)86(75)72(54)58)87(64)65-39-45(78(7,8)9)22-26-50(65)51-27-23-46(40-66(51)87)79(10,11)12/h22-42H,1-21H3. The summed E-state index contributed by atoms with van der Waals surface area (Å²) < 4.78 is 8.36. The van der Waals surface area contributed by atoms with Crippen LogP contribution < -0.4 is 37.1 Å². The molecule has 0 unspecified atom stereocenters. The summed E-state index contributed by atoms with van der Waals surface area (Å²) in [6.45, 7) is 50.5. The van der Waals surface area contributed by atoms with Crippen LogP contribution in [-0.2, 0) is 37.9 Å². The van der Waals surface area contributed by atoms with Gasteiger partial charge in [-0.3, -0.25) is 0 Å². The highest BCUT2D eigenvalue weighted by atomic mass is 28.3. The van der Waals surface area contributed by atoms with Crippen molar-refractivity contribution in [3.8, 4) is 22.5 Å². The van der Waals surface area contributed by atoms with Crippen LogP contribution in [0.15, 0.2) is 127 Å². The molecule has 0 bridgehead atoms. The number of hydrogen-bond acceptors (Lipinski definition) is 0. The molecule has 0 saturated carbocycles. The first-order chi connectivity index (χ1) is 40.6. The minimum atomic E-state index is -3.23. The second kappa shape index (κ2) is 15.9. The van der Waals surface area contributed by atoms with Gasteiger partial charge in [-0.1, -0.05) is 212 Å². The highest BCUT2D eigenvalue weighted by Gasteiger charge is 2.57. The van der Waals surface area contributed by atoms with Crippen LogP contribution in [0.5, 0.6) is 0 Å². The molecule has 3 nitrogen and oxygen atoms in total. The Kier molecular flexibility index (Phi) is 9.85. The van der Waals surface area contributed by atoms with Crippen molar-refractivity contribution in [2.24, 2.45) is 0 Å². The predicted octanol–water partition coefficient (Wildman–Crippen LogP) is 16.9. The van der Waals surface area contributed by atoms with Crippen LogP contribution in [-0.4, -0.2) is 28.3 Å². The molecule has 9 aromatic carbocycles. The Morgan fingerprint density at radius 2 is 0.736 bits per heavy atom. The van der Waals surface area contributed by atoms with E-state index in [4.69, 9.17) is 0 Å². The van der Waals surface area contributed by atoms with E-state index >= 15 is 0 Å². The second-order valence-corrected chi connectivity index (χ2v) is 38.4. The quantitative estimate of drug-likeness (QED) is 0.134. The Hall–Kier alpha value is -7.34. The van der Waals surface area contributed by atoms with Crippen molar-refractivity contribution in [1.29, 1.82) is 0 Å². The molecule has 0 amide bonds. The minimum absolute atomic E-state index is 0.00383. The molecule has 0 atom stereocenters. The van der Waals surface area contributed by atoms with Crippen molar-refractivity contribution in [2.45, 2.75) is 183 Å². The van der Waals surface area contributed by atoms with Crippen LogP contribution in [0.1, 0.15) is 184 Å². The van der Waals surface area contributed by atoms with Gasteiger partial charge < -0.3 is 13.5 Å². The summed E-state index contributed by atoms with van der Waals surface area (Å²) >= 11 is 0. The molecule has 0 fully saturated rings. The van der Waals surface area contributed by atoms with Gasteiger partial charge in [0.25, 0.3) is 6.71 Å². The lowest BCUT2D eigenvalue weighted by Crippen LogP contribution is -2.77. The monoisotopic (exact) mass is 1150 g/mol. The molecule has 0 N–H and O–H groups in total. The number of benzene rings is 9. The van der Waals surface area contributed by atoms with Crippen LogP contribution >= 0.6 is 0 Å². The summed E-state index contributed by atoms with van der Waals surface area (Å²) in [5.41, 5.74) is 28.6. The van der Waals surface area contributed by atoms with Gasteiger partial charge >= 0.3 is 0 Å². The first kappa shape index (κ1) is 53.9. The van der Waals surface area contributed by atoms with Crippen molar-refractivity contribution < 1.29 is 0 Å². The highest BCUT2D eigenvalue weighted by Crippen LogP contribution is 2.51. The van der Waals surface area contributed by atoms with Crippen LogP contribution in [0.25, 0.3) is 104 Å². The SMILES string of the molecule is CC(C)(C)c1ccc2c(c1)[Si]1(c3cc(C(C)(C)C)ccc3-2)c2ccc3c4c2-n2c5c(cc(C(C)(C)C)cc5c5cc(C(C)(C)C)cc1c52)B4c1cc2c(c4cc(C(C)(C)C)cc5c6cc(C(C)(C)C)ccc6n2c54)c2c4cc(C(C)(C)C)ccc4n-3c12. The van der Waals surface area contributed by atoms with E-state index in [0.29, 0.717) is 0 Å². The molecule has 13 aromatic rings. The third-order valence-electron chi connectivity index (χ3n) is 22.0. The molecular formula is C82H84BN3Si. The molecule has 4 aromatic heterocycles. The lowest BCUT2D eigenvalue weighted by Gasteiger charge is -2.43. The normalized spacial score (nSPS) is 15.5. The summed E-state index contributed by atoms with van der Waals surface area (Å²) in [5.74, 6) is 0. The maximum Gasteiger partial charge on any atom is 0.252 e. The fraction of sp³-hybridized carbons (Fsp3) is 0.341. The summed E-state index contributed by atoms with van der Waals surface area (Å²) in [5, 5.41) is 17.2. The smallest absolute Gasteiger partial charge is 0.252 e. The zero-order valence-electron chi connectivity index (χ0n) is 55.5. The third-order valence-corrected chi connectivity index (χ3v) is 26.8. The molecule has 17 rings (SSSR count). The van der Waals surface area contributed by atoms with Gasteiger partial charge in [0.05, 0.1) is 33.1 Å². The first-order valence-corrected chi connectivity index (χ1v) is 34.5. The first-order valence-electron chi connectivity index (χ1n) is 32.5. The van der Waals surface area contributed by atoms with Crippen molar-refractivity contribution in [1.82, 2.24) is 13.5 Å². The van der Waals surface area contributed by atoms with Gasteiger partial charge in [0.1, 0.15) is 0 Å². The third kappa shape index (κ3) is 6.65.